The van der Waals surface area contributed by atoms with Crippen molar-refractivity contribution in [3.8, 4) is 0 Å². The largest absolute Gasteiger partial charge is 0.357 e. The third-order valence-electron chi connectivity index (χ3n) is 4.24. The maximum Gasteiger partial charge on any atom is 0.231 e. The van der Waals surface area contributed by atoms with Crippen molar-refractivity contribution in [2.45, 2.75) is 33.6 Å². The van der Waals surface area contributed by atoms with Crippen LogP contribution in [0.15, 0.2) is 0 Å². The van der Waals surface area contributed by atoms with Crippen LogP contribution in [-0.2, 0) is 0 Å². The van der Waals surface area contributed by atoms with Gasteiger partial charge in [0.1, 0.15) is 0 Å². The van der Waals surface area contributed by atoms with Gasteiger partial charge in [0.15, 0.2) is 0 Å². The van der Waals surface area contributed by atoms with Crippen LogP contribution < -0.4 is 15.1 Å². The fourth-order valence-corrected chi connectivity index (χ4v) is 2.75. The first-order valence-corrected chi connectivity index (χ1v) is 7.67. The number of aromatic nitrogens is 3. The van der Waals surface area contributed by atoms with Crippen molar-refractivity contribution in [1.82, 2.24) is 15.0 Å². The number of anilines is 3. The lowest BCUT2D eigenvalue weighted by atomic mass is 9.75. The molecule has 1 aliphatic heterocycles. The lowest BCUT2D eigenvalue weighted by Gasteiger charge is -2.38. The summed E-state index contributed by atoms with van der Waals surface area (Å²) < 4.78 is 0. The van der Waals surface area contributed by atoms with Crippen LogP contribution in [0, 0.1) is 11.3 Å². The first kappa shape index (κ1) is 15.8. The van der Waals surface area contributed by atoms with Crippen LogP contribution in [0.25, 0.3) is 0 Å². The zero-order valence-electron chi connectivity index (χ0n) is 14.1. The summed E-state index contributed by atoms with van der Waals surface area (Å²) in [6.45, 7) is 9.03. The summed E-state index contributed by atoms with van der Waals surface area (Å²) in [5.41, 5.74) is 0.385. The van der Waals surface area contributed by atoms with E-state index >= 15 is 0 Å². The maximum absolute atomic E-state index is 4.58. The molecule has 0 saturated carbocycles. The Balaban J connectivity index is 2.14. The van der Waals surface area contributed by atoms with Gasteiger partial charge in [0.25, 0.3) is 0 Å². The number of hydrogen-bond donors (Lipinski definition) is 1. The zero-order chi connectivity index (χ0) is 15.6. The minimum Gasteiger partial charge on any atom is -0.357 e. The van der Waals surface area contributed by atoms with Gasteiger partial charge < -0.3 is 15.1 Å². The van der Waals surface area contributed by atoms with Crippen LogP contribution in [0.3, 0.4) is 0 Å². The Hall–Kier alpha value is -1.59. The fraction of sp³-hybridized carbons (Fsp3) is 0.800. The summed E-state index contributed by atoms with van der Waals surface area (Å²) in [5.74, 6) is 2.88. The Bertz CT molecular complexity index is 472. The molecule has 0 unspecified atom stereocenters. The molecule has 6 heteroatoms. The van der Waals surface area contributed by atoms with E-state index in [2.05, 4.69) is 45.9 Å². The third-order valence-corrected chi connectivity index (χ3v) is 4.24. The zero-order valence-corrected chi connectivity index (χ0v) is 14.1. The van der Waals surface area contributed by atoms with Gasteiger partial charge in [0.2, 0.25) is 17.8 Å². The predicted octanol–water partition coefficient (Wildman–Crippen LogP) is 2.24. The predicted molar refractivity (Wildman–Crippen MR) is 88.1 cm³/mol. The average molecular weight is 292 g/mol. The molecule has 0 radical (unpaired) electrons. The van der Waals surface area contributed by atoms with E-state index < -0.39 is 0 Å². The smallest absolute Gasteiger partial charge is 0.231 e. The molecule has 0 bridgehead atoms. The summed E-state index contributed by atoms with van der Waals surface area (Å²) in [5, 5.41) is 3.02. The highest BCUT2D eigenvalue weighted by molar-refractivity contribution is 5.44. The number of rotatable bonds is 3. The van der Waals surface area contributed by atoms with Crippen LogP contribution in [-0.4, -0.2) is 49.2 Å². The quantitative estimate of drug-likeness (QED) is 0.922. The van der Waals surface area contributed by atoms with E-state index in [-0.39, 0.29) is 0 Å². The van der Waals surface area contributed by atoms with Crippen molar-refractivity contribution in [3.63, 3.8) is 0 Å². The summed E-state index contributed by atoms with van der Waals surface area (Å²) in [4.78, 5) is 17.6. The van der Waals surface area contributed by atoms with Crippen molar-refractivity contribution < 1.29 is 0 Å². The Morgan fingerprint density at radius 1 is 1.10 bits per heavy atom. The molecule has 1 aliphatic rings. The molecule has 21 heavy (non-hydrogen) atoms. The highest BCUT2D eigenvalue weighted by Crippen LogP contribution is 2.35. The Kier molecular flexibility index (Phi) is 4.54. The van der Waals surface area contributed by atoms with E-state index in [4.69, 9.17) is 0 Å². The third kappa shape index (κ3) is 3.74. The molecule has 0 aliphatic carbocycles. The van der Waals surface area contributed by atoms with Crippen LogP contribution in [0.1, 0.15) is 33.6 Å². The normalized spacial score (nSPS) is 17.0. The van der Waals surface area contributed by atoms with Gasteiger partial charge in [-0.15, -0.1) is 0 Å². The van der Waals surface area contributed by atoms with Crippen LogP contribution in [0.4, 0.5) is 17.8 Å². The van der Waals surface area contributed by atoms with E-state index in [1.54, 1.807) is 0 Å². The molecule has 1 N–H and O–H groups in total. The van der Waals surface area contributed by atoms with Crippen LogP contribution in [0.5, 0.6) is 0 Å². The molecule has 6 nitrogen and oxygen atoms in total. The SMILES string of the molecule is CNc1nc(N(C)C)nc(N2CCC(C(C)(C)C)CC2)n1. The standard InChI is InChI=1S/C15H28N6/c1-15(2,3)11-7-9-21(10-8-11)14-18-12(16-4)17-13(19-14)20(5)6/h11H,7-10H2,1-6H3,(H,16,17,18,19). The Morgan fingerprint density at radius 2 is 1.71 bits per heavy atom. The fourth-order valence-electron chi connectivity index (χ4n) is 2.75. The molecule has 0 aromatic carbocycles. The van der Waals surface area contributed by atoms with E-state index in [1.165, 1.54) is 12.8 Å². The van der Waals surface area contributed by atoms with E-state index in [0.717, 1.165) is 25.0 Å². The van der Waals surface area contributed by atoms with Crippen molar-refractivity contribution >= 4 is 17.8 Å². The second-order valence-electron chi connectivity index (χ2n) is 7.03. The van der Waals surface area contributed by atoms with Crippen molar-refractivity contribution in [2.75, 3.05) is 49.3 Å². The number of nitrogens with one attached hydrogen (secondary N) is 1. The van der Waals surface area contributed by atoms with Crippen molar-refractivity contribution in [2.24, 2.45) is 11.3 Å². The maximum atomic E-state index is 4.58. The van der Waals surface area contributed by atoms with Gasteiger partial charge in [0.05, 0.1) is 0 Å². The summed E-state index contributed by atoms with van der Waals surface area (Å²) in [6, 6.07) is 0. The number of hydrogen-bond acceptors (Lipinski definition) is 6. The molecule has 0 amide bonds. The lowest BCUT2D eigenvalue weighted by molar-refractivity contribution is 0.198. The molecule has 2 rings (SSSR count). The minimum atomic E-state index is 0.385. The Morgan fingerprint density at radius 3 is 2.19 bits per heavy atom. The second-order valence-corrected chi connectivity index (χ2v) is 7.03. The van der Waals surface area contributed by atoms with Crippen LogP contribution >= 0.6 is 0 Å². The molecule has 1 aromatic heterocycles. The molecule has 1 saturated heterocycles. The molecule has 1 fully saturated rings. The molecular weight excluding hydrogens is 264 g/mol. The van der Waals surface area contributed by atoms with E-state index in [1.807, 2.05) is 26.0 Å². The monoisotopic (exact) mass is 292 g/mol. The Labute approximate surface area is 128 Å². The molecular formula is C15H28N6. The summed E-state index contributed by atoms with van der Waals surface area (Å²) in [7, 11) is 5.74. The highest BCUT2D eigenvalue weighted by Gasteiger charge is 2.29. The van der Waals surface area contributed by atoms with Gasteiger partial charge in [-0.05, 0) is 24.2 Å². The first-order valence-electron chi connectivity index (χ1n) is 7.67. The summed E-state index contributed by atoms with van der Waals surface area (Å²) >= 11 is 0. The van der Waals surface area contributed by atoms with Gasteiger partial charge in [-0.3, -0.25) is 0 Å². The highest BCUT2D eigenvalue weighted by atomic mass is 15.3. The van der Waals surface area contributed by atoms with Crippen molar-refractivity contribution in [3.05, 3.63) is 0 Å². The van der Waals surface area contributed by atoms with E-state index in [0.29, 0.717) is 17.3 Å². The van der Waals surface area contributed by atoms with Gasteiger partial charge in [-0.25, -0.2) is 0 Å². The molecule has 2 heterocycles. The van der Waals surface area contributed by atoms with Gasteiger partial charge >= 0.3 is 0 Å². The van der Waals surface area contributed by atoms with Gasteiger partial charge in [-0.1, -0.05) is 20.8 Å². The van der Waals surface area contributed by atoms with Crippen molar-refractivity contribution in [1.29, 1.82) is 0 Å². The van der Waals surface area contributed by atoms with E-state index in [9.17, 15) is 0 Å². The number of nitrogens with zero attached hydrogens (tertiary/aromatic N) is 5. The molecule has 1 aromatic rings. The van der Waals surface area contributed by atoms with Gasteiger partial charge in [-0.2, -0.15) is 15.0 Å². The first-order chi connectivity index (χ1) is 9.81. The second kappa shape index (κ2) is 6.03. The topological polar surface area (TPSA) is 57.2 Å². The van der Waals surface area contributed by atoms with Gasteiger partial charge in [0, 0.05) is 34.2 Å². The molecule has 0 atom stereocenters. The lowest BCUT2D eigenvalue weighted by Crippen LogP contribution is -2.39. The number of piperidine rings is 1. The molecule has 0 spiro atoms. The van der Waals surface area contributed by atoms with Crippen LogP contribution in [0.2, 0.25) is 0 Å². The molecule has 118 valence electrons. The minimum absolute atomic E-state index is 0.385. The average Bonchev–Trinajstić information content (AvgIpc) is 2.46. The summed E-state index contributed by atoms with van der Waals surface area (Å²) in [6.07, 6.45) is 2.39.